The van der Waals surface area contributed by atoms with E-state index < -0.39 is 0 Å². The molecule has 1 heterocycles. The van der Waals surface area contributed by atoms with Gasteiger partial charge in [0.1, 0.15) is 12.3 Å². The van der Waals surface area contributed by atoms with E-state index in [-0.39, 0.29) is 5.91 Å². The van der Waals surface area contributed by atoms with Crippen molar-refractivity contribution in [3.05, 3.63) is 65.7 Å². The standard InChI is InChI=1S/C19H22N2O2/c1-23-18-9-5-8-17(14-18)19(22)21-12-10-20(11-13-21)15-16-6-3-2-4-7-16/h2-9,14H,10-13,15H2,1H3/p+1. The first-order chi connectivity index (χ1) is 11.3. The number of benzene rings is 2. The summed E-state index contributed by atoms with van der Waals surface area (Å²) in [6.07, 6.45) is 0. The Bertz CT molecular complexity index is 649. The lowest BCUT2D eigenvalue weighted by Crippen LogP contribution is -3.13. The van der Waals surface area contributed by atoms with Crippen LogP contribution < -0.4 is 9.64 Å². The van der Waals surface area contributed by atoms with Crippen LogP contribution in [-0.4, -0.2) is 44.1 Å². The Morgan fingerprint density at radius 2 is 1.83 bits per heavy atom. The summed E-state index contributed by atoms with van der Waals surface area (Å²) in [5, 5.41) is 0. The number of ether oxygens (including phenoxy) is 1. The molecule has 120 valence electrons. The molecule has 1 saturated heterocycles. The van der Waals surface area contributed by atoms with Crippen molar-refractivity contribution in [1.29, 1.82) is 0 Å². The largest absolute Gasteiger partial charge is 0.497 e. The zero-order valence-corrected chi connectivity index (χ0v) is 13.5. The maximum atomic E-state index is 12.6. The zero-order valence-electron chi connectivity index (χ0n) is 13.5. The van der Waals surface area contributed by atoms with Crippen LogP contribution in [0.25, 0.3) is 0 Å². The fraction of sp³-hybridized carbons (Fsp3) is 0.316. The van der Waals surface area contributed by atoms with Gasteiger partial charge in [-0.25, -0.2) is 0 Å². The van der Waals surface area contributed by atoms with Crippen LogP contribution in [0.15, 0.2) is 54.6 Å². The molecule has 1 aliphatic rings. The molecule has 0 atom stereocenters. The van der Waals surface area contributed by atoms with Gasteiger partial charge in [0.05, 0.1) is 33.3 Å². The summed E-state index contributed by atoms with van der Waals surface area (Å²) in [4.78, 5) is 16.1. The summed E-state index contributed by atoms with van der Waals surface area (Å²) in [5.41, 5.74) is 2.06. The minimum atomic E-state index is 0.0997. The maximum absolute atomic E-state index is 12.6. The molecule has 4 nitrogen and oxygen atoms in total. The van der Waals surface area contributed by atoms with Crippen LogP contribution in [-0.2, 0) is 6.54 Å². The Labute approximate surface area is 137 Å². The summed E-state index contributed by atoms with van der Waals surface area (Å²) in [6, 6.07) is 17.9. The highest BCUT2D eigenvalue weighted by atomic mass is 16.5. The molecule has 0 aromatic heterocycles. The number of rotatable bonds is 4. The molecule has 0 unspecified atom stereocenters. The molecule has 1 fully saturated rings. The van der Waals surface area contributed by atoms with Gasteiger partial charge in [-0.3, -0.25) is 4.79 Å². The third-order valence-corrected chi connectivity index (χ3v) is 4.37. The van der Waals surface area contributed by atoms with Gasteiger partial charge in [0.2, 0.25) is 0 Å². The van der Waals surface area contributed by atoms with Crippen LogP contribution in [0.4, 0.5) is 0 Å². The molecule has 23 heavy (non-hydrogen) atoms. The SMILES string of the molecule is COc1cccc(C(=O)N2CC[NH+](Cc3ccccc3)CC2)c1. The van der Waals surface area contributed by atoms with E-state index in [1.807, 2.05) is 35.2 Å². The molecule has 1 aliphatic heterocycles. The quantitative estimate of drug-likeness (QED) is 0.922. The molecule has 2 aromatic rings. The van der Waals surface area contributed by atoms with Crippen LogP contribution in [0.5, 0.6) is 5.75 Å². The summed E-state index contributed by atoms with van der Waals surface area (Å²) >= 11 is 0. The second kappa shape index (κ2) is 7.29. The van der Waals surface area contributed by atoms with Gasteiger partial charge in [0, 0.05) is 11.1 Å². The van der Waals surface area contributed by atoms with Crippen molar-refractivity contribution in [3.8, 4) is 5.75 Å². The van der Waals surface area contributed by atoms with E-state index in [9.17, 15) is 4.79 Å². The molecule has 3 rings (SSSR count). The van der Waals surface area contributed by atoms with Crippen LogP contribution in [0.1, 0.15) is 15.9 Å². The van der Waals surface area contributed by atoms with E-state index in [0.717, 1.165) is 38.5 Å². The predicted molar refractivity (Wildman–Crippen MR) is 89.7 cm³/mol. The van der Waals surface area contributed by atoms with Crippen molar-refractivity contribution in [3.63, 3.8) is 0 Å². The Balaban J connectivity index is 1.57. The number of hydrogen-bond donors (Lipinski definition) is 1. The van der Waals surface area contributed by atoms with Crippen molar-refractivity contribution in [2.45, 2.75) is 6.54 Å². The van der Waals surface area contributed by atoms with E-state index in [0.29, 0.717) is 5.56 Å². The molecule has 0 spiro atoms. The lowest BCUT2D eigenvalue weighted by molar-refractivity contribution is -0.917. The van der Waals surface area contributed by atoms with Gasteiger partial charge in [-0.05, 0) is 18.2 Å². The first-order valence-corrected chi connectivity index (χ1v) is 8.07. The minimum Gasteiger partial charge on any atom is -0.497 e. The molecular formula is C19H23N2O2+. The van der Waals surface area contributed by atoms with Crippen molar-refractivity contribution < 1.29 is 14.4 Å². The van der Waals surface area contributed by atoms with Crippen LogP contribution in [0, 0.1) is 0 Å². The number of quaternary nitrogens is 1. The topological polar surface area (TPSA) is 34.0 Å². The van der Waals surface area contributed by atoms with E-state index >= 15 is 0 Å². The summed E-state index contributed by atoms with van der Waals surface area (Å²) in [5.74, 6) is 0.826. The number of carbonyl (C=O) groups is 1. The zero-order chi connectivity index (χ0) is 16.1. The average Bonchev–Trinajstić information content (AvgIpc) is 2.63. The van der Waals surface area contributed by atoms with Crippen LogP contribution in [0.3, 0.4) is 0 Å². The van der Waals surface area contributed by atoms with Gasteiger partial charge in [-0.15, -0.1) is 0 Å². The highest BCUT2D eigenvalue weighted by molar-refractivity contribution is 5.94. The Morgan fingerprint density at radius 3 is 2.52 bits per heavy atom. The molecule has 4 heteroatoms. The molecular weight excluding hydrogens is 288 g/mol. The Kier molecular flexibility index (Phi) is 4.93. The molecule has 0 radical (unpaired) electrons. The fourth-order valence-electron chi connectivity index (χ4n) is 3.03. The number of nitrogens with zero attached hydrogens (tertiary/aromatic N) is 1. The smallest absolute Gasteiger partial charge is 0.254 e. The maximum Gasteiger partial charge on any atom is 0.254 e. The summed E-state index contributed by atoms with van der Waals surface area (Å²) in [7, 11) is 1.62. The molecule has 0 bridgehead atoms. The van der Waals surface area contributed by atoms with Crippen molar-refractivity contribution >= 4 is 5.91 Å². The average molecular weight is 311 g/mol. The molecule has 1 amide bonds. The lowest BCUT2D eigenvalue weighted by atomic mass is 10.1. The van der Waals surface area contributed by atoms with E-state index in [1.165, 1.54) is 10.5 Å². The van der Waals surface area contributed by atoms with E-state index in [4.69, 9.17) is 4.74 Å². The molecule has 0 aliphatic carbocycles. The van der Waals surface area contributed by atoms with Gasteiger partial charge < -0.3 is 14.5 Å². The predicted octanol–water partition coefficient (Wildman–Crippen LogP) is 1.24. The Morgan fingerprint density at radius 1 is 1.09 bits per heavy atom. The molecule has 1 N–H and O–H groups in total. The van der Waals surface area contributed by atoms with Crippen molar-refractivity contribution in [2.75, 3.05) is 33.3 Å². The van der Waals surface area contributed by atoms with Crippen molar-refractivity contribution in [1.82, 2.24) is 4.90 Å². The second-order valence-corrected chi connectivity index (χ2v) is 5.94. The highest BCUT2D eigenvalue weighted by Gasteiger charge is 2.24. The Hall–Kier alpha value is -2.33. The molecule has 2 aromatic carbocycles. The number of piperazine rings is 1. The van der Waals surface area contributed by atoms with Gasteiger partial charge in [-0.1, -0.05) is 36.4 Å². The summed E-state index contributed by atoms with van der Waals surface area (Å²) < 4.78 is 5.20. The number of amides is 1. The summed E-state index contributed by atoms with van der Waals surface area (Å²) in [6.45, 7) is 4.62. The van der Waals surface area contributed by atoms with Gasteiger partial charge in [-0.2, -0.15) is 0 Å². The third-order valence-electron chi connectivity index (χ3n) is 4.37. The lowest BCUT2D eigenvalue weighted by Gasteiger charge is -2.32. The van der Waals surface area contributed by atoms with Crippen LogP contribution >= 0.6 is 0 Å². The van der Waals surface area contributed by atoms with Gasteiger partial charge in [0.15, 0.2) is 0 Å². The van der Waals surface area contributed by atoms with E-state index in [2.05, 4.69) is 24.3 Å². The number of methoxy groups -OCH3 is 1. The fourth-order valence-corrected chi connectivity index (χ4v) is 3.03. The number of carbonyl (C=O) groups excluding carboxylic acids is 1. The minimum absolute atomic E-state index is 0.0997. The van der Waals surface area contributed by atoms with Crippen molar-refractivity contribution in [2.24, 2.45) is 0 Å². The number of nitrogens with one attached hydrogen (secondary N) is 1. The number of hydrogen-bond acceptors (Lipinski definition) is 2. The molecule has 0 saturated carbocycles. The van der Waals surface area contributed by atoms with Gasteiger partial charge in [0.25, 0.3) is 5.91 Å². The van der Waals surface area contributed by atoms with Crippen LogP contribution in [0.2, 0.25) is 0 Å². The monoisotopic (exact) mass is 311 g/mol. The highest BCUT2D eigenvalue weighted by Crippen LogP contribution is 2.14. The first kappa shape index (κ1) is 15.6. The van der Waals surface area contributed by atoms with E-state index in [1.54, 1.807) is 7.11 Å². The third kappa shape index (κ3) is 3.90. The first-order valence-electron chi connectivity index (χ1n) is 8.07. The van der Waals surface area contributed by atoms with Gasteiger partial charge >= 0.3 is 0 Å². The second-order valence-electron chi connectivity index (χ2n) is 5.94. The normalized spacial score (nSPS) is 15.4.